The molecule has 132 valence electrons. The third-order valence-electron chi connectivity index (χ3n) is 4.47. The first-order valence-electron chi connectivity index (χ1n) is 8.70. The Hall–Kier alpha value is -1.95. The molecule has 1 saturated heterocycles. The van der Waals surface area contributed by atoms with E-state index in [2.05, 4.69) is 15.2 Å². The summed E-state index contributed by atoms with van der Waals surface area (Å²) >= 11 is 0. The number of aromatic nitrogens is 1. The fourth-order valence-electron chi connectivity index (χ4n) is 2.97. The van der Waals surface area contributed by atoms with Crippen LogP contribution in [-0.2, 0) is 11.2 Å². The molecule has 0 unspecified atom stereocenters. The lowest BCUT2D eigenvalue weighted by molar-refractivity contribution is -0.126. The topological polar surface area (TPSA) is 65.5 Å². The van der Waals surface area contributed by atoms with Gasteiger partial charge in [0.05, 0.1) is 6.04 Å². The molecule has 0 radical (unpaired) electrons. The molecule has 1 aliphatic heterocycles. The van der Waals surface area contributed by atoms with Crippen molar-refractivity contribution in [1.82, 2.24) is 20.1 Å². The van der Waals surface area contributed by atoms with Crippen LogP contribution in [0.1, 0.15) is 43.6 Å². The fourth-order valence-corrected chi connectivity index (χ4v) is 2.97. The van der Waals surface area contributed by atoms with Crippen LogP contribution >= 0.6 is 0 Å². The summed E-state index contributed by atoms with van der Waals surface area (Å²) in [5, 5.41) is 2.95. The highest BCUT2D eigenvalue weighted by molar-refractivity contribution is 5.95. The number of hydrogen-bond donors (Lipinski definition) is 1. The van der Waals surface area contributed by atoms with E-state index in [4.69, 9.17) is 0 Å². The molecule has 1 aromatic heterocycles. The van der Waals surface area contributed by atoms with E-state index in [1.54, 1.807) is 18.5 Å². The minimum absolute atomic E-state index is 0.0483. The van der Waals surface area contributed by atoms with Crippen LogP contribution in [0.5, 0.6) is 0 Å². The molecule has 1 aromatic rings. The second kappa shape index (κ2) is 8.24. The fraction of sp³-hybridized carbons (Fsp3) is 0.611. The number of pyridine rings is 1. The van der Waals surface area contributed by atoms with Gasteiger partial charge in [0.15, 0.2) is 0 Å². The lowest BCUT2D eigenvalue weighted by Gasteiger charge is -2.37. The first kappa shape index (κ1) is 18.4. The van der Waals surface area contributed by atoms with E-state index in [-0.39, 0.29) is 23.9 Å². The number of nitrogens with one attached hydrogen (secondary N) is 1. The molecule has 1 fully saturated rings. The summed E-state index contributed by atoms with van der Waals surface area (Å²) in [5.41, 5.74) is 1.72. The van der Waals surface area contributed by atoms with Crippen LogP contribution < -0.4 is 5.32 Å². The molecule has 0 spiro atoms. The monoisotopic (exact) mass is 332 g/mol. The SMILES string of the molecule is CCc1cnccc1C(=O)N1CCN([C@H](C)C(=O)NC(C)C)CC1. The Kier molecular flexibility index (Phi) is 6.31. The maximum absolute atomic E-state index is 12.7. The van der Waals surface area contributed by atoms with Crippen molar-refractivity contribution in [2.75, 3.05) is 26.2 Å². The third-order valence-corrected chi connectivity index (χ3v) is 4.47. The molecule has 1 atom stereocenters. The highest BCUT2D eigenvalue weighted by Gasteiger charge is 2.28. The van der Waals surface area contributed by atoms with Crippen molar-refractivity contribution >= 4 is 11.8 Å². The second-order valence-electron chi connectivity index (χ2n) is 6.55. The number of carbonyl (C=O) groups excluding carboxylic acids is 2. The van der Waals surface area contributed by atoms with E-state index in [9.17, 15) is 9.59 Å². The first-order chi connectivity index (χ1) is 11.4. The highest BCUT2D eigenvalue weighted by Crippen LogP contribution is 2.14. The minimum Gasteiger partial charge on any atom is -0.353 e. The Bertz CT molecular complexity index is 580. The normalized spacial score (nSPS) is 17.0. The van der Waals surface area contributed by atoms with Crippen LogP contribution in [0, 0.1) is 0 Å². The average molecular weight is 332 g/mol. The molecule has 0 saturated carbocycles. The van der Waals surface area contributed by atoms with E-state index in [0.717, 1.165) is 17.5 Å². The standard InChI is InChI=1S/C18H28N4O2/c1-5-15-12-19-7-6-16(15)18(24)22-10-8-21(9-11-22)14(4)17(23)20-13(2)3/h6-7,12-14H,5,8-11H2,1-4H3,(H,20,23)/t14-/m1/s1. The lowest BCUT2D eigenvalue weighted by atomic mass is 10.1. The van der Waals surface area contributed by atoms with E-state index >= 15 is 0 Å². The molecule has 6 nitrogen and oxygen atoms in total. The largest absolute Gasteiger partial charge is 0.353 e. The van der Waals surface area contributed by atoms with Gasteiger partial charge in [0.25, 0.3) is 5.91 Å². The molecular formula is C18H28N4O2. The third kappa shape index (κ3) is 4.32. The van der Waals surface area contributed by atoms with E-state index in [0.29, 0.717) is 26.2 Å². The zero-order valence-corrected chi connectivity index (χ0v) is 15.1. The van der Waals surface area contributed by atoms with Crippen LogP contribution in [-0.4, -0.2) is 64.9 Å². The molecular weight excluding hydrogens is 304 g/mol. The summed E-state index contributed by atoms with van der Waals surface area (Å²) in [5.74, 6) is 0.111. The van der Waals surface area contributed by atoms with E-state index in [1.165, 1.54) is 0 Å². The van der Waals surface area contributed by atoms with Crippen molar-refractivity contribution < 1.29 is 9.59 Å². The quantitative estimate of drug-likeness (QED) is 0.883. The smallest absolute Gasteiger partial charge is 0.254 e. The summed E-state index contributed by atoms with van der Waals surface area (Å²) in [6, 6.07) is 1.77. The van der Waals surface area contributed by atoms with Crippen molar-refractivity contribution in [2.45, 2.75) is 46.2 Å². The van der Waals surface area contributed by atoms with Gasteiger partial charge in [-0.3, -0.25) is 19.5 Å². The number of piperazine rings is 1. The van der Waals surface area contributed by atoms with Gasteiger partial charge in [0.2, 0.25) is 5.91 Å². The van der Waals surface area contributed by atoms with Gasteiger partial charge in [0, 0.05) is 50.2 Å². The Morgan fingerprint density at radius 2 is 1.88 bits per heavy atom. The molecule has 2 rings (SSSR count). The number of aryl methyl sites for hydroxylation is 1. The van der Waals surface area contributed by atoms with Gasteiger partial charge in [-0.15, -0.1) is 0 Å². The van der Waals surface area contributed by atoms with Gasteiger partial charge in [-0.05, 0) is 38.8 Å². The number of amides is 2. The number of rotatable bonds is 5. The van der Waals surface area contributed by atoms with Crippen LogP contribution in [0.25, 0.3) is 0 Å². The van der Waals surface area contributed by atoms with Crippen LogP contribution in [0.15, 0.2) is 18.5 Å². The van der Waals surface area contributed by atoms with Gasteiger partial charge in [-0.25, -0.2) is 0 Å². The van der Waals surface area contributed by atoms with E-state index in [1.807, 2.05) is 32.6 Å². The molecule has 1 N–H and O–H groups in total. The number of nitrogens with zero attached hydrogens (tertiary/aromatic N) is 3. The summed E-state index contributed by atoms with van der Waals surface area (Å²) in [6.45, 7) is 10.6. The molecule has 0 bridgehead atoms. The Morgan fingerprint density at radius 3 is 2.46 bits per heavy atom. The van der Waals surface area contributed by atoms with Gasteiger partial charge < -0.3 is 10.2 Å². The van der Waals surface area contributed by atoms with Crippen molar-refractivity contribution in [3.63, 3.8) is 0 Å². The number of carbonyl (C=O) groups is 2. The molecule has 0 aromatic carbocycles. The summed E-state index contributed by atoms with van der Waals surface area (Å²) in [6.07, 6.45) is 4.23. The van der Waals surface area contributed by atoms with Crippen molar-refractivity contribution in [3.05, 3.63) is 29.6 Å². The Labute approximate surface area is 144 Å². The van der Waals surface area contributed by atoms with Crippen LogP contribution in [0.4, 0.5) is 0 Å². The predicted molar refractivity (Wildman–Crippen MR) is 93.8 cm³/mol. The molecule has 1 aliphatic rings. The summed E-state index contributed by atoms with van der Waals surface area (Å²) in [4.78, 5) is 33.0. The zero-order chi connectivity index (χ0) is 17.7. The maximum Gasteiger partial charge on any atom is 0.254 e. The molecule has 2 heterocycles. The van der Waals surface area contributed by atoms with Crippen molar-refractivity contribution in [1.29, 1.82) is 0 Å². The van der Waals surface area contributed by atoms with Gasteiger partial charge in [-0.1, -0.05) is 6.92 Å². The highest BCUT2D eigenvalue weighted by atomic mass is 16.2. The zero-order valence-electron chi connectivity index (χ0n) is 15.1. The van der Waals surface area contributed by atoms with Crippen molar-refractivity contribution in [3.8, 4) is 0 Å². The maximum atomic E-state index is 12.7. The van der Waals surface area contributed by atoms with Gasteiger partial charge >= 0.3 is 0 Å². The van der Waals surface area contributed by atoms with Gasteiger partial charge in [-0.2, -0.15) is 0 Å². The summed E-state index contributed by atoms with van der Waals surface area (Å²) in [7, 11) is 0. The second-order valence-corrected chi connectivity index (χ2v) is 6.55. The average Bonchev–Trinajstić information content (AvgIpc) is 2.60. The van der Waals surface area contributed by atoms with E-state index < -0.39 is 0 Å². The minimum atomic E-state index is -0.170. The molecule has 0 aliphatic carbocycles. The molecule has 6 heteroatoms. The first-order valence-corrected chi connectivity index (χ1v) is 8.70. The molecule has 2 amide bonds. The number of hydrogen-bond acceptors (Lipinski definition) is 4. The van der Waals surface area contributed by atoms with Gasteiger partial charge in [0.1, 0.15) is 0 Å². The summed E-state index contributed by atoms with van der Waals surface area (Å²) < 4.78 is 0. The van der Waals surface area contributed by atoms with Crippen molar-refractivity contribution in [2.24, 2.45) is 0 Å². The Balaban J connectivity index is 1.95. The van der Waals surface area contributed by atoms with Crippen LogP contribution in [0.2, 0.25) is 0 Å². The Morgan fingerprint density at radius 1 is 1.21 bits per heavy atom. The predicted octanol–water partition coefficient (Wildman–Crippen LogP) is 1.31. The lowest BCUT2D eigenvalue weighted by Crippen LogP contribution is -2.55. The van der Waals surface area contributed by atoms with Crippen LogP contribution in [0.3, 0.4) is 0 Å². The molecule has 24 heavy (non-hydrogen) atoms.